The first-order valence-corrected chi connectivity index (χ1v) is 8.99. The molecule has 3 rings (SSSR count). The van der Waals surface area contributed by atoms with E-state index in [0.717, 1.165) is 24.5 Å². The van der Waals surface area contributed by atoms with Gasteiger partial charge in [0, 0.05) is 12.7 Å². The number of pyridine rings is 1. The van der Waals surface area contributed by atoms with E-state index in [1.807, 2.05) is 42.5 Å². The summed E-state index contributed by atoms with van der Waals surface area (Å²) in [7, 11) is 0. The van der Waals surface area contributed by atoms with Crippen molar-refractivity contribution in [2.45, 2.75) is 25.3 Å². The number of ether oxygens (including phenoxy) is 1. The van der Waals surface area contributed by atoms with Gasteiger partial charge in [0.1, 0.15) is 18.2 Å². The topological polar surface area (TPSA) is 101 Å². The molecule has 7 nitrogen and oxygen atoms in total. The van der Waals surface area contributed by atoms with Gasteiger partial charge in [-0.3, -0.25) is 9.59 Å². The highest BCUT2D eigenvalue weighted by Gasteiger charge is 2.33. The molecule has 3 N–H and O–H groups in total. The summed E-state index contributed by atoms with van der Waals surface area (Å²) in [4.78, 5) is 26.7. The third-order valence-corrected chi connectivity index (χ3v) is 4.47. The zero-order valence-corrected chi connectivity index (χ0v) is 14.9. The van der Waals surface area contributed by atoms with Gasteiger partial charge in [-0.15, -0.1) is 0 Å². The second kappa shape index (κ2) is 9.02. The number of amides is 1. The standard InChI is InChI=1S/C20H23N3O4/c24-19(25)12-15-11-16(23-20(15)26)13-27-17-6-4-14(5-7-17)8-10-22-18-3-1-2-9-21-18/h1-7,9,15-16H,8,10-13H2,(H,21,22)(H,23,26)(H,24,25)/t15-,16-/m0/s1. The van der Waals surface area contributed by atoms with Crippen LogP contribution in [0.4, 0.5) is 5.82 Å². The predicted molar refractivity (Wildman–Crippen MR) is 101 cm³/mol. The van der Waals surface area contributed by atoms with Gasteiger partial charge in [0.15, 0.2) is 0 Å². The van der Waals surface area contributed by atoms with Gasteiger partial charge < -0.3 is 20.5 Å². The Kier molecular flexibility index (Phi) is 6.25. The van der Waals surface area contributed by atoms with Crippen LogP contribution in [0.25, 0.3) is 0 Å². The Bertz CT molecular complexity index is 765. The van der Waals surface area contributed by atoms with E-state index in [0.29, 0.717) is 13.0 Å². The number of benzene rings is 1. The van der Waals surface area contributed by atoms with E-state index in [9.17, 15) is 9.59 Å². The maximum absolute atomic E-state index is 11.7. The lowest BCUT2D eigenvalue weighted by Crippen LogP contribution is -2.31. The molecule has 142 valence electrons. The summed E-state index contributed by atoms with van der Waals surface area (Å²) in [6.07, 6.45) is 2.98. The summed E-state index contributed by atoms with van der Waals surface area (Å²) < 4.78 is 5.73. The van der Waals surface area contributed by atoms with Gasteiger partial charge >= 0.3 is 5.97 Å². The molecule has 0 bridgehead atoms. The highest BCUT2D eigenvalue weighted by Crippen LogP contribution is 2.20. The zero-order chi connectivity index (χ0) is 19.1. The van der Waals surface area contributed by atoms with Crippen LogP contribution >= 0.6 is 0 Å². The predicted octanol–water partition coefficient (Wildman–Crippen LogP) is 2.09. The number of carboxylic acids is 1. The maximum Gasteiger partial charge on any atom is 0.304 e. The summed E-state index contributed by atoms with van der Waals surface area (Å²) in [6.45, 7) is 1.12. The van der Waals surface area contributed by atoms with Crippen LogP contribution in [-0.2, 0) is 16.0 Å². The fourth-order valence-corrected chi connectivity index (χ4v) is 3.08. The fraction of sp³-hybridized carbons (Fsp3) is 0.350. The minimum absolute atomic E-state index is 0.135. The number of carbonyl (C=O) groups excluding carboxylic acids is 1. The normalized spacial score (nSPS) is 18.7. The first-order valence-electron chi connectivity index (χ1n) is 8.99. The van der Waals surface area contributed by atoms with Crippen molar-refractivity contribution in [2.24, 2.45) is 5.92 Å². The molecule has 1 saturated heterocycles. The molecule has 2 heterocycles. The van der Waals surface area contributed by atoms with E-state index >= 15 is 0 Å². The quantitative estimate of drug-likeness (QED) is 0.626. The molecule has 1 aromatic carbocycles. The molecular formula is C20H23N3O4. The SMILES string of the molecule is O=C(O)C[C@@H]1C[C@@H](COc2ccc(CCNc3ccccn3)cc2)NC1=O. The molecule has 0 spiro atoms. The summed E-state index contributed by atoms with van der Waals surface area (Å²) in [6, 6.07) is 13.4. The van der Waals surface area contributed by atoms with Crippen LogP contribution in [0, 0.1) is 5.92 Å². The van der Waals surface area contributed by atoms with Crippen molar-refractivity contribution in [1.82, 2.24) is 10.3 Å². The summed E-state index contributed by atoms with van der Waals surface area (Å²) in [5.74, 6) is -0.0405. The minimum atomic E-state index is -0.954. The van der Waals surface area contributed by atoms with Gasteiger partial charge in [-0.05, 0) is 42.7 Å². The number of rotatable bonds is 9. The fourth-order valence-electron chi connectivity index (χ4n) is 3.08. The lowest BCUT2D eigenvalue weighted by atomic mass is 10.0. The number of aliphatic carboxylic acids is 1. The highest BCUT2D eigenvalue weighted by molar-refractivity contribution is 5.85. The molecular weight excluding hydrogens is 346 g/mol. The number of hydrogen-bond acceptors (Lipinski definition) is 5. The van der Waals surface area contributed by atoms with Gasteiger partial charge in [0.2, 0.25) is 5.91 Å². The number of nitrogens with zero attached hydrogens (tertiary/aromatic N) is 1. The van der Waals surface area contributed by atoms with Crippen molar-refractivity contribution < 1.29 is 19.4 Å². The monoisotopic (exact) mass is 369 g/mol. The van der Waals surface area contributed by atoms with E-state index < -0.39 is 11.9 Å². The summed E-state index contributed by atoms with van der Waals surface area (Å²) in [5.41, 5.74) is 1.18. The smallest absolute Gasteiger partial charge is 0.304 e. The first kappa shape index (κ1) is 18.7. The van der Waals surface area contributed by atoms with E-state index in [4.69, 9.17) is 9.84 Å². The van der Waals surface area contributed by atoms with Crippen LogP contribution < -0.4 is 15.4 Å². The Balaban J connectivity index is 1.40. The first-order chi connectivity index (χ1) is 13.1. The van der Waals surface area contributed by atoms with Crippen molar-refractivity contribution in [3.63, 3.8) is 0 Å². The van der Waals surface area contributed by atoms with Gasteiger partial charge in [0.25, 0.3) is 0 Å². The molecule has 7 heteroatoms. The molecule has 0 unspecified atom stereocenters. The van der Waals surface area contributed by atoms with Gasteiger partial charge in [-0.25, -0.2) is 4.98 Å². The van der Waals surface area contributed by atoms with Gasteiger partial charge in [0.05, 0.1) is 18.4 Å². The Hall–Kier alpha value is -3.09. The molecule has 0 aliphatic carbocycles. The molecule has 0 radical (unpaired) electrons. The molecule has 1 amide bonds. The van der Waals surface area contributed by atoms with E-state index in [1.54, 1.807) is 6.20 Å². The third kappa shape index (κ3) is 5.70. The molecule has 2 aromatic rings. The average Bonchev–Trinajstić information content (AvgIpc) is 3.01. The number of hydrogen-bond donors (Lipinski definition) is 3. The van der Waals surface area contributed by atoms with E-state index in [1.165, 1.54) is 5.56 Å². The molecule has 1 aliphatic heterocycles. The summed E-state index contributed by atoms with van der Waals surface area (Å²) in [5, 5.41) is 14.9. The molecule has 0 saturated carbocycles. The Labute approximate surface area is 157 Å². The number of carboxylic acid groups (broad SMARTS) is 1. The lowest BCUT2D eigenvalue weighted by Gasteiger charge is -2.12. The van der Waals surface area contributed by atoms with Crippen molar-refractivity contribution in [3.05, 3.63) is 54.2 Å². The lowest BCUT2D eigenvalue weighted by molar-refractivity contribution is -0.140. The number of carbonyl (C=O) groups is 2. The molecule has 27 heavy (non-hydrogen) atoms. The molecule has 1 aliphatic rings. The second-order valence-corrected chi connectivity index (χ2v) is 6.58. The van der Waals surface area contributed by atoms with Gasteiger partial charge in [-0.2, -0.15) is 0 Å². The number of anilines is 1. The molecule has 2 atom stereocenters. The Morgan fingerprint density at radius 2 is 2.07 bits per heavy atom. The average molecular weight is 369 g/mol. The number of aromatic nitrogens is 1. The largest absolute Gasteiger partial charge is 0.491 e. The third-order valence-electron chi connectivity index (χ3n) is 4.47. The maximum atomic E-state index is 11.7. The second-order valence-electron chi connectivity index (χ2n) is 6.58. The van der Waals surface area contributed by atoms with E-state index in [-0.39, 0.29) is 18.4 Å². The van der Waals surface area contributed by atoms with Crippen LogP contribution in [0.2, 0.25) is 0 Å². The van der Waals surface area contributed by atoms with Crippen molar-refractivity contribution in [1.29, 1.82) is 0 Å². The van der Waals surface area contributed by atoms with Crippen LogP contribution in [0.3, 0.4) is 0 Å². The van der Waals surface area contributed by atoms with Crippen LogP contribution in [0.15, 0.2) is 48.7 Å². The van der Waals surface area contributed by atoms with E-state index in [2.05, 4.69) is 15.6 Å². The Morgan fingerprint density at radius 3 is 2.78 bits per heavy atom. The zero-order valence-electron chi connectivity index (χ0n) is 14.9. The highest BCUT2D eigenvalue weighted by atomic mass is 16.5. The minimum Gasteiger partial charge on any atom is -0.491 e. The van der Waals surface area contributed by atoms with Crippen LogP contribution in [-0.4, -0.2) is 41.2 Å². The van der Waals surface area contributed by atoms with Crippen LogP contribution in [0.1, 0.15) is 18.4 Å². The van der Waals surface area contributed by atoms with Crippen molar-refractivity contribution >= 4 is 17.7 Å². The summed E-state index contributed by atoms with van der Waals surface area (Å²) >= 11 is 0. The van der Waals surface area contributed by atoms with Crippen molar-refractivity contribution in [2.75, 3.05) is 18.5 Å². The van der Waals surface area contributed by atoms with Crippen LogP contribution in [0.5, 0.6) is 5.75 Å². The Morgan fingerprint density at radius 1 is 1.26 bits per heavy atom. The molecule has 1 fully saturated rings. The van der Waals surface area contributed by atoms with Crippen molar-refractivity contribution in [3.8, 4) is 5.75 Å². The molecule has 1 aromatic heterocycles. The number of nitrogens with one attached hydrogen (secondary N) is 2. The van der Waals surface area contributed by atoms with Gasteiger partial charge in [-0.1, -0.05) is 18.2 Å².